The Morgan fingerprint density at radius 3 is 1.92 bits per heavy atom. The van der Waals surface area contributed by atoms with Gasteiger partial charge in [0.05, 0.1) is 17.0 Å². The van der Waals surface area contributed by atoms with Crippen molar-refractivity contribution in [1.29, 1.82) is 0 Å². The van der Waals surface area contributed by atoms with Crippen LogP contribution in [-0.4, -0.2) is 27.5 Å². The molecule has 6 aromatic rings. The van der Waals surface area contributed by atoms with Gasteiger partial charge in [0.15, 0.2) is 5.78 Å². The van der Waals surface area contributed by atoms with Gasteiger partial charge in [0.2, 0.25) is 5.78 Å². The highest BCUT2D eigenvalue weighted by atomic mass is 16.5. The number of nitrogens with one attached hydrogen (secondary N) is 2. The van der Waals surface area contributed by atoms with E-state index >= 15 is 0 Å². The first-order chi connectivity index (χ1) is 18.1. The van der Waals surface area contributed by atoms with Crippen LogP contribution in [0.25, 0.3) is 21.8 Å². The fraction of sp³-hybridized carbons (Fsp3) is 0. The molecule has 2 N–H and O–H groups in total. The van der Waals surface area contributed by atoms with E-state index in [4.69, 9.17) is 4.74 Å². The van der Waals surface area contributed by atoms with Crippen molar-refractivity contribution in [3.63, 3.8) is 0 Å². The molecule has 0 atom stereocenters. The summed E-state index contributed by atoms with van der Waals surface area (Å²) < 4.78 is 5.63. The molecule has 37 heavy (non-hydrogen) atoms. The van der Waals surface area contributed by atoms with Gasteiger partial charge in [-0.1, -0.05) is 66.7 Å². The highest BCUT2D eigenvalue weighted by molar-refractivity contribution is 6.15. The number of aromatic amines is 2. The summed E-state index contributed by atoms with van der Waals surface area (Å²) in [6.07, 6.45) is 0. The molecule has 0 amide bonds. The van der Waals surface area contributed by atoms with Crippen molar-refractivity contribution in [2.24, 2.45) is 0 Å². The number of aromatic nitrogens is 2. The van der Waals surface area contributed by atoms with Gasteiger partial charge in [0.1, 0.15) is 5.75 Å². The van der Waals surface area contributed by atoms with Crippen molar-refractivity contribution in [1.82, 2.24) is 9.97 Å². The second-order valence-electron chi connectivity index (χ2n) is 8.66. The number of esters is 1. The molecule has 0 fully saturated rings. The molecular formula is C31H20N2O4. The molecule has 0 saturated heterocycles. The summed E-state index contributed by atoms with van der Waals surface area (Å²) in [4.78, 5) is 45.4. The second kappa shape index (κ2) is 9.09. The molecule has 6 rings (SSSR count). The number of carbonyl (C=O) groups excluding carboxylic acids is 3. The predicted octanol–water partition coefficient (Wildman–Crippen LogP) is 6.33. The number of fused-ring (bicyclic) bond motifs is 2. The molecule has 0 bridgehead atoms. The Morgan fingerprint density at radius 1 is 0.541 bits per heavy atom. The molecule has 0 spiro atoms. The molecule has 0 unspecified atom stereocenters. The summed E-state index contributed by atoms with van der Waals surface area (Å²) in [5.41, 5.74) is 3.47. The number of hydrogen-bond donors (Lipinski definition) is 2. The van der Waals surface area contributed by atoms with E-state index in [1.165, 1.54) is 0 Å². The highest BCUT2D eigenvalue weighted by Crippen LogP contribution is 2.25. The van der Waals surface area contributed by atoms with Crippen LogP contribution in [0, 0.1) is 0 Å². The third-order valence-electron chi connectivity index (χ3n) is 6.25. The maximum atomic E-state index is 13.1. The van der Waals surface area contributed by atoms with Gasteiger partial charge in [0.25, 0.3) is 0 Å². The fourth-order valence-electron chi connectivity index (χ4n) is 4.40. The summed E-state index contributed by atoms with van der Waals surface area (Å²) >= 11 is 0. The van der Waals surface area contributed by atoms with Crippen LogP contribution in [0.1, 0.15) is 42.5 Å². The van der Waals surface area contributed by atoms with E-state index in [0.29, 0.717) is 22.7 Å². The summed E-state index contributed by atoms with van der Waals surface area (Å²) in [5.74, 6) is -0.749. The molecule has 6 nitrogen and oxygen atoms in total. The molecule has 0 aliphatic carbocycles. The largest absolute Gasteiger partial charge is 0.423 e. The van der Waals surface area contributed by atoms with E-state index in [0.717, 1.165) is 21.8 Å². The molecule has 6 heteroatoms. The number of H-pyrrole nitrogens is 2. The van der Waals surface area contributed by atoms with Crippen molar-refractivity contribution in [3.05, 3.63) is 137 Å². The average molecular weight is 485 g/mol. The maximum Gasteiger partial charge on any atom is 0.344 e. The Morgan fingerprint density at radius 2 is 1.16 bits per heavy atom. The van der Waals surface area contributed by atoms with E-state index in [1.54, 1.807) is 72.8 Å². The minimum absolute atomic E-state index is 0.167. The lowest BCUT2D eigenvalue weighted by Crippen LogP contribution is -2.14. The molecular weight excluding hydrogens is 464 g/mol. The Balaban J connectivity index is 1.26. The summed E-state index contributed by atoms with van der Waals surface area (Å²) in [6, 6.07) is 31.7. The van der Waals surface area contributed by atoms with Crippen molar-refractivity contribution < 1.29 is 19.1 Å². The molecule has 4 aromatic carbocycles. The lowest BCUT2D eigenvalue weighted by atomic mass is 9.98. The number of ketones is 2. The van der Waals surface area contributed by atoms with Crippen LogP contribution in [0.2, 0.25) is 0 Å². The van der Waals surface area contributed by atoms with Crippen molar-refractivity contribution in [3.8, 4) is 5.75 Å². The van der Waals surface area contributed by atoms with Crippen LogP contribution < -0.4 is 4.74 Å². The molecule has 2 aromatic heterocycles. The monoisotopic (exact) mass is 484 g/mol. The smallest absolute Gasteiger partial charge is 0.344 e. The summed E-state index contributed by atoms with van der Waals surface area (Å²) in [6.45, 7) is 0. The molecule has 0 radical (unpaired) electrons. The van der Waals surface area contributed by atoms with Crippen LogP contribution in [0.3, 0.4) is 0 Å². The molecule has 0 aliphatic heterocycles. The number of ether oxygens (including phenoxy) is 1. The molecule has 0 aliphatic rings. The van der Waals surface area contributed by atoms with Gasteiger partial charge < -0.3 is 14.7 Å². The van der Waals surface area contributed by atoms with Gasteiger partial charge in [0, 0.05) is 32.9 Å². The van der Waals surface area contributed by atoms with Crippen LogP contribution in [0.15, 0.2) is 109 Å². The minimum Gasteiger partial charge on any atom is -0.423 e. The van der Waals surface area contributed by atoms with E-state index in [9.17, 15) is 14.4 Å². The van der Waals surface area contributed by atoms with E-state index < -0.39 is 5.97 Å². The van der Waals surface area contributed by atoms with Gasteiger partial charge in [-0.05, 0) is 42.5 Å². The fourth-order valence-corrected chi connectivity index (χ4v) is 4.40. The van der Waals surface area contributed by atoms with Gasteiger partial charge in [-0.25, -0.2) is 4.79 Å². The lowest BCUT2D eigenvalue weighted by molar-refractivity contribution is 0.0730. The van der Waals surface area contributed by atoms with Crippen LogP contribution in [0.5, 0.6) is 5.75 Å². The number of rotatable bonds is 6. The zero-order chi connectivity index (χ0) is 25.4. The Hall–Kier alpha value is -5.23. The SMILES string of the molecule is O=C(c1cc2ccccc2[nH]1)c1cc2cc(OC(=O)c3ccccc3C(=O)c3ccccc3)ccc2[nH]1. The summed E-state index contributed by atoms with van der Waals surface area (Å²) in [7, 11) is 0. The number of carbonyl (C=O) groups is 3. The van der Waals surface area contributed by atoms with Crippen LogP contribution >= 0.6 is 0 Å². The van der Waals surface area contributed by atoms with Gasteiger partial charge >= 0.3 is 5.97 Å². The van der Waals surface area contributed by atoms with Crippen molar-refractivity contribution in [2.45, 2.75) is 0 Å². The Bertz CT molecular complexity index is 1780. The minimum atomic E-state index is -0.635. The highest BCUT2D eigenvalue weighted by Gasteiger charge is 2.20. The molecule has 0 saturated carbocycles. The van der Waals surface area contributed by atoms with Crippen molar-refractivity contribution in [2.75, 3.05) is 0 Å². The molecule has 178 valence electrons. The average Bonchev–Trinajstić information content (AvgIpc) is 3.57. The Labute approximate surface area is 211 Å². The third-order valence-corrected chi connectivity index (χ3v) is 6.25. The van der Waals surface area contributed by atoms with Crippen LogP contribution in [-0.2, 0) is 0 Å². The van der Waals surface area contributed by atoms with Gasteiger partial charge in [-0.3, -0.25) is 9.59 Å². The zero-order valence-corrected chi connectivity index (χ0v) is 19.5. The van der Waals surface area contributed by atoms with Crippen LogP contribution in [0.4, 0.5) is 0 Å². The van der Waals surface area contributed by atoms with Crippen molar-refractivity contribution >= 4 is 39.3 Å². The first-order valence-corrected chi connectivity index (χ1v) is 11.7. The van der Waals surface area contributed by atoms with E-state index in [-0.39, 0.29) is 22.7 Å². The maximum absolute atomic E-state index is 13.1. The third kappa shape index (κ3) is 4.21. The van der Waals surface area contributed by atoms with Gasteiger partial charge in [-0.15, -0.1) is 0 Å². The Kier molecular flexibility index (Phi) is 5.47. The zero-order valence-electron chi connectivity index (χ0n) is 19.5. The number of para-hydroxylation sites is 1. The first-order valence-electron chi connectivity index (χ1n) is 11.7. The topological polar surface area (TPSA) is 92.0 Å². The second-order valence-corrected chi connectivity index (χ2v) is 8.66. The lowest BCUT2D eigenvalue weighted by Gasteiger charge is -2.09. The molecule has 2 heterocycles. The van der Waals surface area contributed by atoms with E-state index in [1.807, 2.05) is 36.4 Å². The summed E-state index contributed by atoms with van der Waals surface area (Å²) in [5, 5.41) is 1.68. The number of hydrogen-bond acceptors (Lipinski definition) is 4. The van der Waals surface area contributed by atoms with Gasteiger partial charge in [-0.2, -0.15) is 0 Å². The normalized spacial score (nSPS) is 11.0. The quantitative estimate of drug-likeness (QED) is 0.164. The van der Waals surface area contributed by atoms with E-state index in [2.05, 4.69) is 9.97 Å². The number of benzene rings is 4. The predicted molar refractivity (Wildman–Crippen MR) is 141 cm³/mol. The first kappa shape index (κ1) is 22.2. The standard InChI is InChI=1S/C31H20N2O4/c34-29(19-8-2-1-3-9-19)23-11-5-6-12-24(23)31(36)37-22-14-15-26-21(16-22)18-28(33-26)30(35)27-17-20-10-4-7-13-25(20)32-27/h1-18,32-33H.